The maximum Gasteiger partial charge on any atom is 0.255 e. The molecule has 3 aliphatic rings. The van der Waals surface area contributed by atoms with Crippen molar-refractivity contribution in [3.63, 3.8) is 0 Å². The van der Waals surface area contributed by atoms with Gasteiger partial charge >= 0.3 is 0 Å². The number of fused-ring (bicyclic) bond motifs is 4. The fraction of sp³-hybridized carbons (Fsp3) is 0.368. The summed E-state index contributed by atoms with van der Waals surface area (Å²) in [6.07, 6.45) is 6.98. The Hall–Kier alpha value is -2.40. The number of hydrogen-bond donors (Lipinski definition) is 2. The van der Waals surface area contributed by atoms with E-state index in [0.717, 1.165) is 30.6 Å². The van der Waals surface area contributed by atoms with Gasteiger partial charge in [0.15, 0.2) is 0 Å². The highest BCUT2D eigenvalue weighted by molar-refractivity contribution is 6.02. The van der Waals surface area contributed by atoms with E-state index in [9.17, 15) is 4.79 Å². The van der Waals surface area contributed by atoms with Crippen LogP contribution in [0.2, 0.25) is 0 Å². The third-order valence-corrected chi connectivity index (χ3v) is 5.75. The van der Waals surface area contributed by atoms with Crippen LogP contribution in [0.4, 0.5) is 5.69 Å². The van der Waals surface area contributed by atoms with Gasteiger partial charge in [0.05, 0.1) is 11.6 Å². The Kier molecular flexibility index (Phi) is 2.94. The fourth-order valence-corrected chi connectivity index (χ4v) is 4.73. The van der Waals surface area contributed by atoms with E-state index in [1.807, 2.05) is 36.7 Å². The van der Waals surface area contributed by atoms with Gasteiger partial charge in [0, 0.05) is 37.1 Å². The Morgan fingerprint density at radius 3 is 2.83 bits per heavy atom. The summed E-state index contributed by atoms with van der Waals surface area (Å²) in [5.41, 5.74) is 2.65. The third-order valence-electron chi connectivity index (χ3n) is 5.75. The Morgan fingerprint density at radius 1 is 1.12 bits per heavy atom. The predicted molar refractivity (Wildman–Crippen MR) is 91.5 cm³/mol. The largest absolute Gasteiger partial charge is 0.361 e. The molecule has 1 aromatic heterocycles. The van der Waals surface area contributed by atoms with Crippen molar-refractivity contribution in [3.8, 4) is 0 Å². The van der Waals surface area contributed by atoms with Gasteiger partial charge in [-0.1, -0.05) is 12.1 Å². The first-order valence-electron chi connectivity index (χ1n) is 8.60. The summed E-state index contributed by atoms with van der Waals surface area (Å²) in [4.78, 5) is 19.3. The molecule has 5 rings (SSSR count). The van der Waals surface area contributed by atoms with E-state index in [1.165, 1.54) is 12.0 Å². The van der Waals surface area contributed by atoms with Crippen LogP contribution in [0.1, 0.15) is 35.2 Å². The van der Waals surface area contributed by atoms with Gasteiger partial charge in [-0.15, -0.1) is 0 Å². The third kappa shape index (κ3) is 1.97. The summed E-state index contributed by atoms with van der Waals surface area (Å²) < 4.78 is 0. The maximum atomic E-state index is 12.6. The quantitative estimate of drug-likeness (QED) is 0.892. The normalized spacial score (nSPS) is 30.9. The van der Waals surface area contributed by atoms with E-state index >= 15 is 0 Å². The zero-order chi connectivity index (χ0) is 16.1. The number of pyridine rings is 1. The van der Waals surface area contributed by atoms with Gasteiger partial charge in [-0.05, 0) is 42.7 Å². The van der Waals surface area contributed by atoms with E-state index in [-0.39, 0.29) is 11.6 Å². The van der Waals surface area contributed by atoms with Gasteiger partial charge in [0.1, 0.15) is 5.66 Å². The van der Waals surface area contributed by atoms with Gasteiger partial charge in [-0.3, -0.25) is 14.7 Å². The lowest BCUT2D eigenvalue weighted by atomic mass is 9.86. The van der Waals surface area contributed by atoms with Gasteiger partial charge in [-0.25, -0.2) is 0 Å². The topological polar surface area (TPSA) is 57.3 Å². The summed E-state index contributed by atoms with van der Waals surface area (Å²) >= 11 is 0. The molecule has 0 unspecified atom stereocenters. The van der Waals surface area contributed by atoms with Gasteiger partial charge < -0.3 is 10.6 Å². The van der Waals surface area contributed by atoms with Crippen molar-refractivity contribution in [1.82, 2.24) is 15.2 Å². The molecule has 0 radical (unpaired) electrons. The Labute approximate surface area is 141 Å². The molecule has 1 aromatic carbocycles. The number of nitrogens with one attached hydrogen (secondary N) is 2. The van der Waals surface area contributed by atoms with Crippen molar-refractivity contribution >= 4 is 11.6 Å². The molecule has 122 valence electrons. The molecule has 2 aromatic rings. The molecule has 2 N–H and O–H groups in total. The van der Waals surface area contributed by atoms with Crippen LogP contribution in [0.5, 0.6) is 0 Å². The highest BCUT2D eigenvalue weighted by atomic mass is 16.2. The minimum absolute atomic E-state index is 0.0424. The molecule has 1 amide bonds. The molecular weight excluding hydrogens is 300 g/mol. The molecule has 2 bridgehead atoms. The van der Waals surface area contributed by atoms with E-state index in [1.54, 1.807) is 0 Å². The summed E-state index contributed by atoms with van der Waals surface area (Å²) in [6, 6.07) is 12.8. The summed E-state index contributed by atoms with van der Waals surface area (Å²) in [6.45, 7) is 0.915. The average Bonchev–Trinajstić information content (AvgIpc) is 3.10. The number of benzene rings is 1. The summed E-state index contributed by atoms with van der Waals surface area (Å²) in [7, 11) is 0. The van der Waals surface area contributed by atoms with E-state index in [4.69, 9.17) is 0 Å². The first-order chi connectivity index (χ1) is 11.8. The lowest BCUT2D eigenvalue weighted by Crippen LogP contribution is -2.64. The average molecular weight is 320 g/mol. The van der Waals surface area contributed by atoms with Crippen molar-refractivity contribution in [2.75, 3.05) is 5.32 Å². The second kappa shape index (κ2) is 5.05. The van der Waals surface area contributed by atoms with Gasteiger partial charge in [0.25, 0.3) is 5.91 Å². The smallest absolute Gasteiger partial charge is 0.255 e. The molecule has 2 saturated heterocycles. The lowest BCUT2D eigenvalue weighted by Gasteiger charge is -2.43. The number of aromatic nitrogens is 1. The number of carbonyl (C=O) groups is 1. The molecule has 5 nitrogen and oxygen atoms in total. The molecular formula is C19H20N4O. The standard InChI is InChI=1S/C19H20N4O/c24-18-15-3-1-2-4-16(15)21-19(22-18)11-14-5-6-17(19)23(14)12-13-7-9-20-10-8-13/h1-4,7-10,14,17,21H,5-6,11-12H2,(H,22,24)/t14-,17-,19-/m1/s1. The van der Waals surface area contributed by atoms with Crippen LogP contribution in [0.15, 0.2) is 48.8 Å². The molecule has 4 heterocycles. The van der Waals surface area contributed by atoms with Crippen molar-refractivity contribution in [2.45, 2.75) is 43.6 Å². The number of carbonyl (C=O) groups excluding carboxylic acids is 1. The van der Waals surface area contributed by atoms with E-state index < -0.39 is 0 Å². The molecule has 0 aliphatic carbocycles. The second-order valence-electron chi connectivity index (χ2n) is 7.07. The Balaban J connectivity index is 1.46. The Bertz CT molecular complexity index is 793. The number of para-hydroxylation sites is 1. The van der Waals surface area contributed by atoms with E-state index in [2.05, 4.69) is 32.7 Å². The van der Waals surface area contributed by atoms with Crippen LogP contribution < -0.4 is 10.6 Å². The number of hydrogen-bond acceptors (Lipinski definition) is 4. The van der Waals surface area contributed by atoms with Crippen LogP contribution >= 0.6 is 0 Å². The minimum atomic E-state index is -0.332. The van der Waals surface area contributed by atoms with Crippen molar-refractivity contribution in [2.24, 2.45) is 0 Å². The minimum Gasteiger partial charge on any atom is -0.361 e. The molecule has 5 heteroatoms. The Morgan fingerprint density at radius 2 is 1.96 bits per heavy atom. The molecule has 24 heavy (non-hydrogen) atoms. The van der Waals surface area contributed by atoms with E-state index in [0.29, 0.717) is 12.1 Å². The van der Waals surface area contributed by atoms with Gasteiger partial charge in [0.2, 0.25) is 0 Å². The van der Waals surface area contributed by atoms with Crippen LogP contribution in [0, 0.1) is 0 Å². The molecule has 3 aliphatic heterocycles. The molecule has 1 spiro atoms. The lowest BCUT2D eigenvalue weighted by molar-refractivity contribution is 0.0870. The highest BCUT2D eigenvalue weighted by Gasteiger charge is 2.58. The zero-order valence-corrected chi connectivity index (χ0v) is 13.4. The van der Waals surface area contributed by atoms with Gasteiger partial charge in [-0.2, -0.15) is 0 Å². The zero-order valence-electron chi connectivity index (χ0n) is 13.4. The SMILES string of the molecule is O=C1N[C@@]2(C[C@H]3CC[C@H]2N3Cc2ccncc2)Nc2ccccc21. The highest BCUT2D eigenvalue weighted by Crippen LogP contribution is 2.47. The van der Waals surface area contributed by atoms with Crippen molar-refractivity contribution < 1.29 is 4.79 Å². The monoisotopic (exact) mass is 320 g/mol. The van der Waals surface area contributed by atoms with Crippen molar-refractivity contribution in [3.05, 3.63) is 59.9 Å². The number of rotatable bonds is 2. The van der Waals surface area contributed by atoms with Crippen LogP contribution in [0.3, 0.4) is 0 Å². The maximum absolute atomic E-state index is 12.6. The first kappa shape index (κ1) is 14.0. The number of nitrogens with zero attached hydrogens (tertiary/aromatic N) is 2. The fourth-order valence-electron chi connectivity index (χ4n) is 4.73. The van der Waals surface area contributed by atoms with Crippen molar-refractivity contribution in [1.29, 1.82) is 0 Å². The molecule has 2 fully saturated rings. The number of amides is 1. The summed E-state index contributed by atoms with van der Waals surface area (Å²) in [5, 5.41) is 6.96. The predicted octanol–water partition coefficient (Wildman–Crippen LogP) is 2.37. The van der Waals surface area contributed by atoms with Crippen LogP contribution in [-0.2, 0) is 6.54 Å². The second-order valence-corrected chi connectivity index (χ2v) is 7.07. The first-order valence-corrected chi connectivity index (χ1v) is 8.60. The van der Waals surface area contributed by atoms with Crippen LogP contribution in [-0.4, -0.2) is 33.5 Å². The summed E-state index contributed by atoms with van der Waals surface area (Å²) in [5.74, 6) is 0.0424. The molecule has 0 saturated carbocycles. The molecule has 3 atom stereocenters. The number of anilines is 1. The van der Waals surface area contributed by atoms with Crippen LogP contribution in [0.25, 0.3) is 0 Å².